The van der Waals surface area contributed by atoms with Crippen molar-refractivity contribution in [2.75, 3.05) is 23.8 Å². The van der Waals surface area contributed by atoms with Crippen LogP contribution in [0.15, 0.2) is 73.1 Å². The lowest BCUT2D eigenvalue weighted by atomic mass is 10.1. The third kappa shape index (κ3) is 7.13. The Kier molecular flexibility index (Phi) is 8.85. The molecule has 7 heterocycles. The largest absolute Gasteiger partial charge is 0.482 e. The lowest BCUT2D eigenvalue weighted by Crippen LogP contribution is -2.26. The molecule has 0 saturated heterocycles. The fraction of sp³-hybridized carbons (Fsp3) is 0.118. The Morgan fingerprint density at radius 1 is 0.764 bits per heavy atom. The Hall–Kier alpha value is -8.28. The maximum absolute atomic E-state index is 12.7. The molecule has 2 aromatic carbocycles. The number of H-pyrrole nitrogens is 1. The number of nitrogens with one attached hydrogen (secondary N) is 5. The van der Waals surface area contributed by atoms with Gasteiger partial charge in [0.25, 0.3) is 23.6 Å². The highest BCUT2D eigenvalue weighted by atomic mass is 16.5. The van der Waals surface area contributed by atoms with E-state index in [4.69, 9.17) is 9.47 Å². The van der Waals surface area contributed by atoms with E-state index in [-0.39, 0.29) is 61.1 Å². The average molecular weight is 740 g/mol. The minimum atomic E-state index is -0.414. The average Bonchev–Trinajstić information content (AvgIpc) is 4.01. The molecule has 0 atom stereocenters. The smallest absolute Gasteiger partial charge is 0.270 e. The van der Waals surface area contributed by atoms with Gasteiger partial charge in [-0.15, -0.1) is 10.2 Å². The van der Waals surface area contributed by atoms with E-state index in [1.807, 2.05) is 12.1 Å². The number of rotatable bonds is 7. The molecule has 0 saturated carbocycles. The molecule has 21 nitrogen and oxygen atoms in total. The first-order valence-corrected chi connectivity index (χ1v) is 16.3. The second kappa shape index (κ2) is 14.4. The van der Waals surface area contributed by atoms with Gasteiger partial charge < -0.3 is 30.7 Å². The first-order chi connectivity index (χ1) is 26.8. The first-order valence-electron chi connectivity index (χ1n) is 16.3. The number of aromatic nitrogens is 10. The number of carbonyl (C=O) groups is 4. The number of carbonyl (C=O) groups excluding carboxylic acids is 4. The molecule has 0 unspecified atom stereocenters. The third-order valence-corrected chi connectivity index (χ3v) is 8.13. The minimum absolute atomic E-state index is 0.00542. The van der Waals surface area contributed by atoms with Crippen LogP contribution in [0.25, 0.3) is 22.8 Å². The van der Waals surface area contributed by atoms with Crippen molar-refractivity contribution in [3.8, 4) is 29.1 Å². The van der Waals surface area contributed by atoms with Crippen molar-refractivity contribution >= 4 is 46.3 Å². The van der Waals surface area contributed by atoms with E-state index in [1.165, 1.54) is 21.3 Å². The Balaban J connectivity index is 0.000000156. The highest BCUT2D eigenvalue weighted by Gasteiger charge is 2.20. The number of hydrogen-bond donors (Lipinski definition) is 5. The van der Waals surface area contributed by atoms with Gasteiger partial charge in [-0.05, 0) is 46.7 Å². The van der Waals surface area contributed by atoms with Crippen molar-refractivity contribution in [1.29, 1.82) is 5.26 Å². The highest BCUT2D eigenvalue weighted by Crippen LogP contribution is 2.29. The van der Waals surface area contributed by atoms with E-state index in [0.29, 0.717) is 45.7 Å². The molecule has 5 aromatic heterocycles. The van der Waals surface area contributed by atoms with Crippen LogP contribution in [0.4, 0.5) is 11.4 Å². The molecule has 0 fully saturated rings. The second-order valence-electron chi connectivity index (χ2n) is 11.8. The maximum Gasteiger partial charge on any atom is 0.270 e. The van der Waals surface area contributed by atoms with Crippen molar-refractivity contribution in [2.24, 2.45) is 0 Å². The standard InChI is InChI=1S/C17H13N9O3.C17H12N6O3/c27-15-8-29-13-2-1-9(5-10(13)21-15)7-18-17(28)11-6-12(16-22-24-25-23-16)26-14(20-11)3-4-19-26;18-7-11-6-13(21-15-3-4-20-23(11)15)17(25)19-8-10-1-2-14-12(5-10)22-16(24)9-26-14/h1-6H,7-8H2,(H,18,28)(H,21,27)(H,22,23,24,25);1-6H,8-9H2,(H,19,25)(H,22,24). The minimum Gasteiger partial charge on any atom is -0.482 e. The van der Waals surface area contributed by atoms with Crippen LogP contribution >= 0.6 is 0 Å². The Morgan fingerprint density at radius 2 is 1.33 bits per heavy atom. The summed E-state index contributed by atoms with van der Waals surface area (Å²) in [6, 6.07) is 18.8. The van der Waals surface area contributed by atoms with E-state index in [1.54, 1.807) is 54.7 Å². The SMILES string of the molecule is N#Cc1cc(C(=O)NCc2ccc3c(c2)NC(=O)CO3)nc2ccnn12.O=C1COc2ccc(CNC(=O)c3cc(-c4nn[nH]n4)n4nccc4n3)cc2N1. The molecule has 4 amide bonds. The van der Waals surface area contributed by atoms with Crippen LogP contribution in [-0.4, -0.2) is 86.7 Å². The molecule has 0 aliphatic carbocycles. The number of nitrogens with zero attached hydrogens (tertiary/aromatic N) is 10. The summed E-state index contributed by atoms with van der Waals surface area (Å²) in [6.07, 6.45) is 3.07. The number of nitriles is 1. The Labute approximate surface area is 307 Å². The van der Waals surface area contributed by atoms with E-state index in [2.05, 4.69) is 62.1 Å². The van der Waals surface area contributed by atoms with E-state index in [9.17, 15) is 24.4 Å². The molecular formula is C34H25N15O6. The van der Waals surface area contributed by atoms with Crippen LogP contribution in [0, 0.1) is 11.3 Å². The van der Waals surface area contributed by atoms with Crippen LogP contribution in [0.2, 0.25) is 0 Å². The summed E-state index contributed by atoms with van der Waals surface area (Å²) in [4.78, 5) is 56.4. The van der Waals surface area contributed by atoms with Gasteiger partial charge in [-0.1, -0.05) is 12.1 Å². The lowest BCUT2D eigenvalue weighted by Gasteiger charge is -2.18. The summed E-state index contributed by atoms with van der Waals surface area (Å²) >= 11 is 0. The molecule has 0 radical (unpaired) electrons. The highest BCUT2D eigenvalue weighted by molar-refractivity contribution is 5.97. The lowest BCUT2D eigenvalue weighted by molar-refractivity contribution is -0.119. The number of fused-ring (bicyclic) bond motifs is 4. The molecule has 9 rings (SSSR count). The van der Waals surface area contributed by atoms with Gasteiger partial charge in [-0.2, -0.15) is 20.7 Å². The number of aromatic amines is 1. The molecule has 2 aliphatic heterocycles. The van der Waals surface area contributed by atoms with Crippen LogP contribution in [0.1, 0.15) is 37.8 Å². The van der Waals surface area contributed by atoms with Crippen molar-refractivity contribution < 1.29 is 28.7 Å². The summed E-state index contributed by atoms with van der Waals surface area (Å²) in [6.45, 7) is 0.462. The molecule has 0 spiro atoms. The second-order valence-corrected chi connectivity index (χ2v) is 11.8. The fourth-order valence-corrected chi connectivity index (χ4v) is 5.59. The number of tetrazole rings is 1. The summed E-state index contributed by atoms with van der Waals surface area (Å²) < 4.78 is 13.5. The molecule has 55 heavy (non-hydrogen) atoms. The predicted octanol–water partition coefficient (Wildman–Crippen LogP) is 1.03. The van der Waals surface area contributed by atoms with Gasteiger partial charge >= 0.3 is 0 Å². The zero-order valence-electron chi connectivity index (χ0n) is 28.2. The van der Waals surface area contributed by atoms with Gasteiger partial charge in [-0.25, -0.2) is 19.0 Å². The summed E-state index contributed by atoms with van der Waals surface area (Å²) in [7, 11) is 0. The van der Waals surface area contributed by atoms with Crippen molar-refractivity contribution in [3.63, 3.8) is 0 Å². The zero-order valence-corrected chi connectivity index (χ0v) is 28.2. The summed E-state index contributed by atoms with van der Waals surface area (Å²) in [5, 5.41) is 42.2. The van der Waals surface area contributed by atoms with Crippen molar-refractivity contribution in [3.05, 3.63) is 101 Å². The molecular weight excluding hydrogens is 714 g/mol. The van der Waals surface area contributed by atoms with Gasteiger partial charge in [0.2, 0.25) is 5.82 Å². The van der Waals surface area contributed by atoms with Gasteiger partial charge in [0.05, 0.1) is 23.8 Å². The normalized spacial score (nSPS) is 12.8. The van der Waals surface area contributed by atoms with Crippen LogP contribution in [-0.2, 0) is 22.7 Å². The predicted molar refractivity (Wildman–Crippen MR) is 187 cm³/mol. The van der Waals surface area contributed by atoms with Crippen LogP contribution in [0.3, 0.4) is 0 Å². The van der Waals surface area contributed by atoms with E-state index < -0.39 is 5.91 Å². The number of anilines is 2. The third-order valence-electron chi connectivity index (χ3n) is 8.13. The molecule has 7 aromatic rings. The molecule has 5 N–H and O–H groups in total. The summed E-state index contributed by atoms with van der Waals surface area (Å²) in [5.41, 5.74) is 4.64. The first kappa shape index (κ1) is 33.8. The van der Waals surface area contributed by atoms with Gasteiger partial charge in [-0.3, -0.25) is 19.2 Å². The Bertz CT molecular complexity index is 2680. The quantitative estimate of drug-likeness (QED) is 0.153. The van der Waals surface area contributed by atoms with Gasteiger partial charge in [0.15, 0.2) is 24.5 Å². The topological polar surface area (TPSA) is 273 Å². The van der Waals surface area contributed by atoms with Crippen molar-refractivity contribution in [2.45, 2.75) is 13.1 Å². The number of hydrogen-bond acceptors (Lipinski definition) is 14. The summed E-state index contributed by atoms with van der Waals surface area (Å²) in [5.74, 6) is 0.246. The van der Waals surface area contributed by atoms with Gasteiger partial charge in [0.1, 0.15) is 40.3 Å². The molecule has 21 heteroatoms. The number of benzene rings is 2. The number of ether oxygens (including phenoxy) is 2. The van der Waals surface area contributed by atoms with Crippen molar-refractivity contribution in [1.82, 2.24) is 60.5 Å². The van der Waals surface area contributed by atoms with Crippen LogP contribution < -0.4 is 30.7 Å². The zero-order chi connectivity index (χ0) is 37.9. The number of amides is 4. The monoisotopic (exact) mass is 739 g/mol. The molecule has 0 bridgehead atoms. The Morgan fingerprint density at radius 3 is 1.89 bits per heavy atom. The van der Waals surface area contributed by atoms with Crippen LogP contribution in [0.5, 0.6) is 11.5 Å². The molecule has 272 valence electrons. The van der Waals surface area contributed by atoms with Gasteiger partial charge in [0, 0.05) is 31.3 Å². The maximum atomic E-state index is 12.7. The fourth-order valence-electron chi connectivity index (χ4n) is 5.59. The van der Waals surface area contributed by atoms with E-state index >= 15 is 0 Å². The molecule has 2 aliphatic rings. The van der Waals surface area contributed by atoms with E-state index in [0.717, 1.165) is 11.1 Å².